The van der Waals surface area contributed by atoms with Crippen LogP contribution in [-0.4, -0.2) is 47.2 Å². The third kappa shape index (κ3) is 8.71. The Kier molecular flexibility index (Phi) is 7.48. The van der Waals surface area contributed by atoms with Crippen LogP contribution in [0.3, 0.4) is 0 Å². The highest BCUT2D eigenvalue weighted by Crippen LogP contribution is 2.03. The van der Waals surface area contributed by atoms with Gasteiger partial charge >= 0.3 is 0 Å². The Labute approximate surface area is 89.4 Å². The first-order valence-electron chi connectivity index (χ1n) is 4.00. The van der Waals surface area contributed by atoms with Gasteiger partial charge in [0.1, 0.15) is 6.79 Å². The van der Waals surface area contributed by atoms with Crippen LogP contribution < -0.4 is 0 Å². The van der Waals surface area contributed by atoms with E-state index in [1.807, 2.05) is 0 Å². The average molecular weight is 247 g/mol. The molecule has 0 unspecified atom stereocenters. The molecule has 0 aliphatic heterocycles. The van der Waals surface area contributed by atoms with Crippen LogP contribution in [0.2, 0.25) is 0 Å². The molecule has 86 valence electrons. The summed E-state index contributed by atoms with van der Waals surface area (Å²) in [4.78, 5) is 0. The fourth-order valence-electron chi connectivity index (χ4n) is 0.700. The van der Waals surface area contributed by atoms with Gasteiger partial charge in [-0.25, -0.2) is 0 Å². The number of halogens is 1. The summed E-state index contributed by atoms with van der Waals surface area (Å²) in [5.41, 5.74) is 0. The van der Waals surface area contributed by atoms with E-state index in [0.29, 0.717) is 6.42 Å². The number of hydrogen-bond donors (Lipinski definition) is 0. The maximum absolute atomic E-state index is 10.6. The van der Waals surface area contributed by atoms with E-state index in [-0.39, 0.29) is 25.4 Å². The van der Waals surface area contributed by atoms with Gasteiger partial charge in [0.25, 0.3) is 10.1 Å². The van der Waals surface area contributed by atoms with Crippen molar-refractivity contribution in [2.45, 2.75) is 12.5 Å². The molecule has 1 atom stereocenters. The summed E-state index contributed by atoms with van der Waals surface area (Å²) in [6.45, 7) is 0.205. The van der Waals surface area contributed by atoms with Gasteiger partial charge in [-0.3, -0.25) is 4.18 Å². The zero-order chi connectivity index (χ0) is 11.0. The highest BCUT2D eigenvalue weighted by Gasteiger charge is 2.09. The van der Waals surface area contributed by atoms with Crippen LogP contribution in [0.4, 0.5) is 0 Å². The van der Waals surface area contributed by atoms with E-state index in [2.05, 4.69) is 8.92 Å². The predicted molar refractivity (Wildman–Crippen MR) is 52.9 cm³/mol. The second kappa shape index (κ2) is 7.42. The van der Waals surface area contributed by atoms with E-state index in [1.54, 1.807) is 0 Å². The number of hydrogen-bond acceptors (Lipinski definition) is 5. The molecule has 5 nitrogen and oxygen atoms in total. The van der Waals surface area contributed by atoms with E-state index in [0.717, 1.165) is 6.26 Å². The Morgan fingerprint density at radius 3 is 2.50 bits per heavy atom. The predicted octanol–water partition coefficient (Wildman–Crippen LogP) is 0.581. The summed E-state index contributed by atoms with van der Waals surface area (Å²) in [5.74, 6) is 0.274. The first kappa shape index (κ1) is 14.1. The molecule has 0 fully saturated rings. The quantitative estimate of drug-likeness (QED) is 0.356. The van der Waals surface area contributed by atoms with Gasteiger partial charge < -0.3 is 9.47 Å². The van der Waals surface area contributed by atoms with Crippen molar-refractivity contribution in [2.24, 2.45) is 0 Å². The van der Waals surface area contributed by atoms with Crippen LogP contribution in [0, 0.1) is 0 Å². The van der Waals surface area contributed by atoms with Gasteiger partial charge in [-0.15, -0.1) is 11.6 Å². The van der Waals surface area contributed by atoms with E-state index in [1.165, 1.54) is 7.11 Å². The highest BCUT2D eigenvalue weighted by molar-refractivity contribution is 7.85. The Morgan fingerprint density at radius 1 is 1.43 bits per heavy atom. The van der Waals surface area contributed by atoms with Crippen LogP contribution in [0.1, 0.15) is 6.42 Å². The molecular formula is C7H15ClO5S. The summed E-state index contributed by atoms with van der Waals surface area (Å²) < 4.78 is 35.5. The molecule has 14 heavy (non-hydrogen) atoms. The molecule has 0 saturated heterocycles. The SMILES string of the molecule is COCO[C@H](CCl)CCOS(C)(=O)=O. The molecule has 0 N–H and O–H groups in total. The lowest BCUT2D eigenvalue weighted by Gasteiger charge is -2.13. The van der Waals surface area contributed by atoms with Gasteiger partial charge in [0, 0.05) is 13.0 Å². The largest absolute Gasteiger partial charge is 0.359 e. The third-order valence-electron chi connectivity index (χ3n) is 1.33. The minimum Gasteiger partial charge on any atom is -0.359 e. The summed E-state index contributed by atoms with van der Waals surface area (Å²) >= 11 is 5.57. The van der Waals surface area contributed by atoms with Crippen LogP contribution in [0.5, 0.6) is 0 Å². The van der Waals surface area contributed by atoms with Gasteiger partial charge in [0.15, 0.2) is 0 Å². The zero-order valence-electron chi connectivity index (χ0n) is 8.23. The van der Waals surface area contributed by atoms with Crippen LogP contribution in [-0.2, 0) is 23.8 Å². The van der Waals surface area contributed by atoms with Gasteiger partial charge in [-0.2, -0.15) is 8.42 Å². The first-order valence-corrected chi connectivity index (χ1v) is 6.35. The van der Waals surface area contributed by atoms with Gasteiger partial charge in [-0.1, -0.05) is 0 Å². The Hall–Kier alpha value is 0.120. The first-order chi connectivity index (χ1) is 6.49. The van der Waals surface area contributed by atoms with Crippen molar-refractivity contribution >= 4 is 21.7 Å². The third-order valence-corrected chi connectivity index (χ3v) is 2.27. The van der Waals surface area contributed by atoms with E-state index >= 15 is 0 Å². The lowest BCUT2D eigenvalue weighted by atomic mass is 10.3. The van der Waals surface area contributed by atoms with Crippen LogP contribution in [0.15, 0.2) is 0 Å². The minimum absolute atomic E-state index is 0.0694. The van der Waals surface area contributed by atoms with Crippen molar-refractivity contribution in [1.82, 2.24) is 0 Å². The second-order valence-electron chi connectivity index (χ2n) is 2.66. The summed E-state index contributed by atoms with van der Waals surface area (Å²) in [6.07, 6.45) is 1.16. The molecule has 0 heterocycles. The van der Waals surface area contributed by atoms with Crippen LogP contribution >= 0.6 is 11.6 Å². The standard InChI is InChI=1S/C7H15ClO5S/c1-11-6-12-7(5-8)3-4-13-14(2,9)10/h7H,3-6H2,1-2H3/t7-/m0/s1. The molecule has 0 aromatic rings. The molecule has 0 aromatic heterocycles. The molecule has 0 saturated carbocycles. The zero-order valence-corrected chi connectivity index (χ0v) is 9.81. The van der Waals surface area contributed by atoms with Crippen LogP contribution in [0.25, 0.3) is 0 Å². The fraction of sp³-hybridized carbons (Fsp3) is 1.00. The normalized spacial score (nSPS) is 14.2. The Bertz CT molecular complexity index is 228. The fourth-order valence-corrected chi connectivity index (χ4v) is 1.34. The van der Waals surface area contributed by atoms with Crippen molar-refractivity contribution in [3.63, 3.8) is 0 Å². The molecule has 0 aliphatic rings. The number of alkyl halides is 1. The molecule has 0 aliphatic carbocycles. The average Bonchev–Trinajstić information content (AvgIpc) is 2.09. The smallest absolute Gasteiger partial charge is 0.264 e. The number of methoxy groups -OCH3 is 1. The topological polar surface area (TPSA) is 61.8 Å². The number of ether oxygens (including phenoxy) is 2. The van der Waals surface area contributed by atoms with Gasteiger partial charge in [-0.05, 0) is 6.42 Å². The molecule has 0 bridgehead atoms. The monoisotopic (exact) mass is 246 g/mol. The van der Waals surface area contributed by atoms with Crippen molar-refractivity contribution in [3.05, 3.63) is 0 Å². The summed E-state index contributed by atoms with van der Waals surface area (Å²) in [5, 5.41) is 0. The van der Waals surface area contributed by atoms with Crippen molar-refractivity contribution < 1.29 is 22.1 Å². The summed E-state index contributed by atoms with van der Waals surface area (Å²) in [7, 11) is -1.88. The Morgan fingerprint density at radius 2 is 2.07 bits per heavy atom. The lowest BCUT2D eigenvalue weighted by molar-refractivity contribution is -0.0685. The van der Waals surface area contributed by atoms with Crippen molar-refractivity contribution in [3.8, 4) is 0 Å². The molecule has 0 spiro atoms. The van der Waals surface area contributed by atoms with Crippen molar-refractivity contribution in [1.29, 1.82) is 0 Å². The molecule has 7 heteroatoms. The lowest BCUT2D eigenvalue weighted by Crippen LogP contribution is -2.19. The molecule has 0 radical (unpaired) electrons. The number of rotatable bonds is 8. The summed E-state index contributed by atoms with van der Waals surface area (Å²) in [6, 6.07) is 0. The molecule has 0 aromatic carbocycles. The second-order valence-corrected chi connectivity index (χ2v) is 4.62. The Balaban J connectivity index is 3.62. The van der Waals surface area contributed by atoms with E-state index in [4.69, 9.17) is 16.3 Å². The van der Waals surface area contributed by atoms with Crippen molar-refractivity contribution in [2.75, 3.05) is 32.6 Å². The molecule has 0 rings (SSSR count). The van der Waals surface area contributed by atoms with Gasteiger partial charge in [0.05, 0.1) is 19.0 Å². The maximum atomic E-state index is 10.6. The molecular weight excluding hydrogens is 232 g/mol. The van der Waals surface area contributed by atoms with Gasteiger partial charge in [0.2, 0.25) is 0 Å². The molecule has 0 amide bonds. The highest BCUT2D eigenvalue weighted by atomic mass is 35.5. The van der Waals surface area contributed by atoms with E-state index < -0.39 is 10.1 Å². The minimum atomic E-state index is -3.38. The van der Waals surface area contributed by atoms with E-state index in [9.17, 15) is 8.42 Å². The maximum Gasteiger partial charge on any atom is 0.264 e.